The van der Waals surface area contributed by atoms with Gasteiger partial charge in [0.25, 0.3) is 0 Å². The Labute approximate surface area is 169 Å². The number of anilines is 1. The molecule has 0 atom stereocenters. The average Bonchev–Trinajstić information content (AvgIpc) is 3.04. The van der Waals surface area contributed by atoms with Crippen molar-refractivity contribution in [3.05, 3.63) is 89.9 Å². The Morgan fingerprint density at radius 3 is 2.52 bits per heavy atom. The summed E-state index contributed by atoms with van der Waals surface area (Å²) >= 11 is 0. The van der Waals surface area contributed by atoms with Crippen LogP contribution < -0.4 is 22.2 Å². The number of carbonyl (C=O) groups is 1. The first kappa shape index (κ1) is 19.9. The van der Waals surface area contributed by atoms with E-state index < -0.39 is 5.91 Å². The Balaban J connectivity index is 1.89. The standard InChI is InChI=1S/C21H21BFN5O/c1-13(16-4-2-3-5-18(16)23)10-19(28-20(24)17(22)12-27-28)26-11-14-6-8-15(9-7-14)21(25)29/h2-10,12,26H,1,11,22,24H2,(H2,25,29)/b19-10-. The fraction of sp³-hybridized carbons (Fsp3) is 0.0476. The van der Waals surface area contributed by atoms with Gasteiger partial charge in [-0.05, 0) is 40.9 Å². The molecule has 1 aromatic heterocycles. The molecule has 0 aliphatic heterocycles. The van der Waals surface area contributed by atoms with Crippen LogP contribution in [0.5, 0.6) is 0 Å². The van der Waals surface area contributed by atoms with Gasteiger partial charge in [0.2, 0.25) is 5.91 Å². The van der Waals surface area contributed by atoms with Crippen LogP contribution in [-0.2, 0) is 6.54 Å². The summed E-state index contributed by atoms with van der Waals surface area (Å²) in [6.07, 6.45) is 3.34. The number of allylic oxidation sites excluding steroid dienone is 2. The smallest absolute Gasteiger partial charge is 0.248 e. The number of nitrogens with two attached hydrogens (primary N) is 2. The second-order valence-electron chi connectivity index (χ2n) is 6.57. The van der Waals surface area contributed by atoms with Gasteiger partial charge in [0.1, 0.15) is 25.3 Å². The molecule has 0 unspecified atom stereocenters. The lowest BCUT2D eigenvalue weighted by Crippen LogP contribution is -2.21. The zero-order chi connectivity index (χ0) is 21.0. The molecule has 0 saturated heterocycles. The fourth-order valence-corrected chi connectivity index (χ4v) is 2.76. The third-order valence-corrected chi connectivity index (χ3v) is 4.47. The predicted octanol–water partition coefficient (Wildman–Crippen LogP) is 1.26. The van der Waals surface area contributed by atoms with Gasteiger partial charge in [-0.15, -0.1) is 0 Å². The maximum Gasteiger partial charge on any atom is 0.248 e. The molecule has 146 valence electrons. The molecule has 8 heteroatoms. The molecule has 29 heavy (non-hydrogen) atoms. The highest BCUT2D eigenvalue weighted by molar-refractivity contribution is 6.35. The van der Waals surface area contributed by atoms with E-state index in [1.807, 2.05) is 7.85 Å². The predicted molar refractivity (Wildman–Crippen MR) is 116 cm³/mol. The minimum atomic E-state index is -0.480. The highest BCUT2D eigenvalue weighted by atomic mass is 19.1. The van der Waals surface area contributed by atoms with E-state index in [2.05, 4.69) is 17.0 Å². The summed E-state index contributed by atoms with van der Waals surface area (Å²) in [4.78, 5) is 11.2. The summed E-state index contributed by atoms with van der Waals surface area (Å²) in [5.74, 6) is 0.169. The molecule has 1 amide bonds. The van der Waals surface area contributed by atoms with Crippen molar-refractivity contribution in [2.24, 2.45) is 5.73 Å². The molecule has 0 spiro atoms. The lowest BCUT2D eigenvalue weighted by molar-refractivity contribution is 0.100. The van der Waals surface area contributed by atoms with Crippen molar-refractivity contribution >= 4 is 36.4 Å². The van der Waals surface area contributed by atoms with Crippen LogP contribution in [0.2, 0.25) is 0 Å². The molecule has 0 saturated carbocycles. The van der Waals surface area contributed by atoms with Crippen molar-refractivity contribution in [1.29, 1.82) is 0 Å². The number of benzene rings is 2. The van der Waals surface area contributed by atoms with Gasteiger partial charge >= 0.3 is 0 Å². The minimum absolute atomic E-state index is 0.361. The van der Waals surface area contributed by atoms with Gasteiger partial charge in [0.15, 0.2) is 0 Å². The zero-order valence-electron chi connectivity index (χ0n) is 16.0. The number of hydrogen-bond donors (Lipinski definition) is 3. The lowest BCUT2D eigenvalue weighted by atomic mass is 10.0. The molecule has 3 rings (SSSR count). The zero-order valence-corrected chi connectivity index (χ0v) is 16.0. The van der Waals surface area contributed by atoms with Crippen molar-refractivity contribution in [2.45, 2.75) is 6.54 Å². The van der Waals surface area contributed by atoms with Gasteiger partial charge in [-0.3, -0.25) is 4.79 Å². The largest absolute Gasteiger partial charge is 0.384 e. The SMILES string of the molecule is Bc1cnn(/C(=C\C(=C)c2ccccc2F)NCc2ccc(C(N)=O)cc2)c1N. The Kier molecular flexibility index (Phi) is 5.83. The number of primary amides is 1. The lowest BCUT2D eigenvalue weighted by Gasteiger charge is -2.14. The number of rotatable bonds is 7. The number of halogens is 1. The Bertz CT molecular complexity index is 1090. The number of carbonyl (C=O) groups excluding carboxylic acids is 1. The molecule has 6 nitrogen and oxygen atoms in total. The highest BCUT2D eigenvalue weighted by Crippen LogP contribution is 2.20. The van der Waals surface area contributed by atoms with Crippen molar-refractivity contribution in [2.75, 3.05) is 5.73 Å². The first-order chi connectivity index (χ1) is 13.9. The van der Waals surface area contributed by atoms with Crippen LogP contribution in [-0.4, -0.2) is 23.5 Å². The van der Waals surface area contributed by atoms with Gasteiger partial charge in [0, 0.05) is 23.9 Å². The first-order valence-corrected chi connectivity index (χ1v) is 8.95. The molecule has 3 aromatic rings. The van der Waals surface area contributed by atoms with Crippen molar-refractivity contribution in [3.63, 3.8) is 0 Å². The average molecular weight is 389 g/mol. The second kappa shape index (κ2) is 8.47. The molecule has 5 N–H and O–H groups in total. The Morgan fingerprint density at radius 1 is 1.24 bits per heavy atom. The minimum Gasteiger partial charge on any atom is -0.384 e. The van der Waals surface area contributed by atoms with E-state index in [-0.39, 0.29) is 5.82 Å². The molecule has 0 aliphatic carbocycles. The van der Waals surface area contributed by atoms with Crippen molar-refractivity contribution < 1.29 is 9.18 Å². The van der Waals surface area contributed by atoms with Crippen molar-refractivity contribution in [1.82, 2.24) is 15.1 Å². The van der Waals surface area contributed by atoms with E-state index in [1.165, 1.54) is 6.07 Å². The number of nitrogens with zero attached hydrogens (tertiary/aromatic N) is 2. The maximum absolute atomic E-state index is 14.1. The molecule has 0 radical (unpaired) electrons. The third kappa shape index (κ3) is 4.55. The number of hydrogen-bond acceptors (Lipinski definition) is 4. The van der Waals surface area contributed by atoms with Gasteiger partial charge in [-0.1, -0.05) is 36.9 Å². The normalized spacial score (nSPS) is 11.3. The Hall–Kier alpha value is -3.81. The van der Waals surface area contributed by atoms with Gasteiger partial charge in [-0.25, -0.2) is 9.07 Å². The molecule has 0 aliphatic rings. The number of aromatic nitrogens is 2. The van der Waals surface area contributed by atoms with Crippen LogP contribution in [0.4, 0.5) is 10.2 Å². The summed E-state index contributed by atoms with van der Waals surface area (Å²) in [6.45, 7) is 4.41. The van der Waals surface area contributed by atoms with E-state index in [1.54, 1.807) is 59.4 Å². The molecule has 0 fully saturated rings. The van der Waals surface area contributed by atoms with Crippen LogP contribution in [0, 0.1) is 5.82 Å². The molecular weight excluding hydrogens is 368 g/mol. The number of amides is 1. The van der Waals surface area contributed by atoms with Gasteiger partial charge in [0.05, 0.1) is 0 Å². The highest BCUT2D eigenvalue weighted by Gasteiger charge is 2.11. The van der Waals surface area contributed by atoms with Crippen LogP contribution in [0.1, 0.15) is 21.5 Å². The maximum atomic E-state index is 14.1. The van der Waals surface area contributed by atoms with E-state index in [9.17, 15) is 9.18 Å². The van der Waals surface area contributed by atoms with E-state index in [0.717, 1.165) is 11.0 Å². The quantitative estimate of drug-likeness (QED) is 0.419. The molecule has 1 heterocycles. The van der Waals surface area contributed by atoms with Crippen molar-refractivity contribution in [3.8, 4) is 0 Å². The summed E-state index contributed by atoms with van der Waals surface area (Å²) < 4.78 is 15.7. The molecular formula is C21H21BFN5O. The number of nitrogens with one attached hydrogen (secondary N) is 1. The van der Waals surface area contributed by atoms with Gasteiger partial charge < -0.3 is 16.8 Å². The first-order valence-electron chi connectivity index (χ1n) is 8.95. The van der Waals surface area contributed by atoms with E-state index in [0.29, 0.717) is 34.9 Å². The summed E-state index contributed by atoms with van der Waals surface area (Å²) in [6, 6.07) is 13.3. The number of nitrogen functional groups attached to an aromatic ring is 1. The van der Waals surface area contributed by atoms with Gasteiger partial charge in [-0.2, -0.15) is 5.10 Å². The van der Waals surface area contributed by atoms with E-state index >= 15 is 0 Å². The fourth-order valence-electron chi connectivity index (χ4n) is 2.76. The topological polar surface area (TPSA) is 99.0 Å². The summed E-state index contributed by atoms with van der Waals surface area (Å²) in [7, 11) is 1.85. The summed E-state index contributed by atoms with van der Waals surface area (Å²) in [5, 5.41) is 7.56. The van der Waals surface area contributed by atoms with Crippen LogP contribution >= 0.6 is 0 Å². The third-order valence-electron chi connectivity index (χ3n) is 4.47. The molecule has 2 aromatic carbocycles. The van der Waals surface area contributed by atoms with Crippen LogP contribution in [0.15, 0.2) is 67.4 Å². The van der Waals surface area contributed by atoms with E-state index in [4.69, 9.17) is 11.5 Å². The van der Waals surface area contributed by atoms with Crippen LogP contribution in [0.3, 0.4) is 0 Å². The monoisotopic (exact) mass is 389 g/mol. The second-order valence-corrected chi connectivity index (χ2v) is 6.57. The van der Waals surface area contributed by atoms with Crippen LogP contribution in [0.25, 0.3) is 11.4 Å². The molecule has 0 bridgehead atoms. The Morgan fingerprint density at radius 2 is 1.93 bits per heavy atom. The summed E-state index contributed by atoms with van der Waals surface area (Å²) in [5.41, 5.74) is 14.4.